The summed E-state index contributed by atoms with van der Waals surface area (Å²) in [6, 6.07) is 6.17. The van der Waals surface area contributed by atoms with Crippen molar-refractivity contribution in [1.29, 1.82) is 0 Å². The van der Waals surface area contributed by atoms with Crippen molar-refractivity contribution in [2.45, 2.75) is 19.4 Å². The normalized spacial score (nSPS) is 23.5. The summed E-state index contributed by atoms with van der Waals surface area (Å²) in [5.74, 6) is 0.124. The molecular formula is C16H22ClN3O. The van der Waals surface area contributed by atoms with E-state index in [0.29, 0.717) is 11.1 Å². The minimum absolute atomic E-state index is 0.124. The average Bonchev–Trinajstić information content (AvgIpc) is 3.04. The SMILES string of the molecule is Cc1cc(C(=O)N2CCN(C3CCNC3)CC2)ccc1Cl. The van der Waals surface area contributed by atoms with Gasteiger partial charge in [-0.3, -0.25) is 9.69 Å². The molecule has 2 fully saturated rings. The maximum atomic E-state index is 12.5. The Morgan fingerprint density at radius 1 is 1.29 bits per heavy atom. The minimum atomic E-state index is 0.124. The summed E-state index contributed by atoms with van der Waals surface area (Å²) in [7, 11) is 0. The first-order chi connectivity index (χ1) is 10.1. The van der Waals surface area contributed by atoms with Crippen LogP contribution in [0.25, 0.3) is 0 Å². The van der Waals surface area contributed by atoms with Crippen molar-refractivity contribution in [2.75, 3.05) is 39.3 Å². The number of halogens is 1. The molecule has 2 aliphatic heterocycles. The Labute approximate surface area is 131 Å². The van der Waals surface area contributed by atoms with Crippen LogP contribution in [-0.2, 0) is 0 Å². The van der Waals surface area contributed by atoms with E-state index in [1.54, 1.807) is 0 Å². The molecule has 1 aromatic rings. The third kappa shape index (κ3) is 3.23. The molecule has 2 heterocycles. The lowest BCUT2D eigenvalue weighted by Gasteiger charge is -2.37. The second-order valence-corrected chi connectivity index (χ2v) is 6.35. The molecule has 21 heavy (non-hydrogen) atoms. The van der Waals surface area contributed by atoms with Gasteiger partial charge in [-0.25, -0.2) is 0 Å². The molecule has 0 aromatic heterocycles. The van der Waals surface area contributed by atoms with E-state index in [2.05, 4.69) is 10.2 Å². The molecule has 1 aromatic carbocycles. The molecule has 2 saturated heterocycles. The molecule has 0 radical (unpaired) electrons. The Kier molecular flexibility index (Phi) is 4.48. The van der Waals surface area contributed by atoms with Crippen molar-refractivity contribution in [3.05, 3.63) is 34.3 Å². The Hall–Kier alpha value is -1.10. The van der Waals surface area contributed by atoms with Crippen LogP contribution in [0.5, 0.6) is 0 Å². The Balaban J connectivity index is 1.60. The van der Waals surface area contributed by atoms with Gasteiger partial charge in [0.2, 0.25) is 0 Å². The van der Waals surface area contributed by atoms with E-state index in [4.69, 9.17) is 11.6 Å². The van der Waals surface area contributed by atoms with Gasteiger partial charge in [0.25, 0.3) is 5.91 Å². The highest BCUT2D eigenvalue weighted by Crippen LogP contribution is 2.19. The van der Waals surface area contributed by atoms with Crippen LogP contribution in [0.2, 0.25) is 5.02 Å². The molecule has 1 amide bonds. The molecule has 1 atom stereocenters. The Morgan fingerprint density at radius 2 is 2.05 bits per heavy atom. The van der Waals surface area contributed by atoms with Crippen molar-refractivity contribution >= 4 is 17.5 Å². The van der Waals surface area contributed by atoms with Gasteiger partial charge in [-0.2, -0.15) is 0 Å². The number of piperazine rings is 1. The van der Waals surface area contributed by atoms with Gasteiger partial charge in [0.1, 0.15) is 0 Å². The van der Waals surface area contributed by atoms with E-state index >= 15 is 0 Å². The zero-order valence-corrected chi connectivity index (χ0v) is 13.2. The van der Waals surface area contributed by atoms with Gasteiger partial charge in [-0.1, -0.05) is 11.6 Å². The lowest BCUT2D eigenvalue weighted by molar-refractivity contribution is 0.0584. The van der Waals surface area contributed by atoms with Crippen LogP contribution in [0.4, 0.5) is 0 Å². The summed E-state index contributed by atoms with van der Waals surface area (Å²) < 4.78 is 0. The molecule has 0 bridgehead atoms. The lowest BCUT2D eigenvalue weighted by Crippen LogP contribution is -2.52. The first-order valence-electron chi connectivity index (χ1n) is 7.65. The van der Waals surface area contributed by atoms with E-state index in [1.165, 1.54) is 6.42 Å². The van der Waals surface area contributed by atoms with Gasteiger partial charge in [0.05, 0.1) is 0 Å². The van der Waals surface area contributed by atoms with E-state index in [9.17, 15) is 4.79 Å². The predicted molar refractivity (Wildman–Crippen MR) is 84.9 cm³/mol. The fourth-order valence-electron chi connectivity index (χ4n) is 3.20. The molecule has 0 aliphatic carbocycles. The molecule has 0 spiro atoms. The highest BCUT2D eigenvalue weighted by molar-refractivity contribution is 6.31. The number of amides is 1. The molecule has 4 nitrogen and oxygen atoms in total. The van der Waals surface area contributed by atoms with E-state index in [-0.39, 0.29) is 5.91 Å². The zero-order chi connectivity index (χ0) is 14.8. The molecule has 3 rings (SSSR count). The highest BCUT2D eigenvalue weighted by atomic mass is 35.5. The summed E-state index contributed by atoms with van der Waals surface area (Å²) in [5, 5.41) is 4.12. The maximum Gasteiger partial charge on any atom is 0.253 e. The summed E-state index contributed by atoms with van der Waals surface area (Å²) >= 11 is 6.03. The van der Waals surface area contributed by atoms with Gasteiger partial charge in [0, 0.05) is 49.4 Å². The number of rotatable bonds is 2. The zero-order valence-electron chi connectivity index (χ0n) is 12.4. The third-order valence-electron chi connectivity index (χ3n) is 4.56. The second kappa shape index (κ2) is 6.34. The van der Waals surface area contributed by atoms with Gasteiger partial charge in [-0.15, -0.1) is 0 Å². The van der Waals surface area contributed by atoms with Crippen LogP contribution < -0.4 is 5.32 Å². The number of carbonyl (C=O) groups is 1. The fourth-order valence-corrected chi connectivity index (χ4v) is 3.32. The van der Waals surface area contributed by atoms with Crippen LogP contribution in [-0.4, -0.2) is 61.0 Å². The number of hydrogen-bond donors (Lipinski definition) is 1. The van der Waals surface area contributed by atoms with Crippen LogP contribution in [0, 0.1) is 6.92 Å². The monoisotopic (exact) mass is 307 g/mol. The average molecular weight is 308 g/mol. The molecule has 114 valence electrons. The van der Waals surface area contributed by atoms with Crippen LogP contribution in [0.15, 0.2) is 18.2 Å². The number of nitrogens with one attached hydrogen (secondary N) is 1. The maximum absolute atomic E-state index is 12.5. The Morgan fingerprint density at radius 3 is 2.67 bits per heavy atom. The summed E-state index contributed by atoms with van der Waals surface area (Å²) in [6.45, 7) is 7.73. The molecule has 5 heteroatoms. The fraction of sp³-hybridized carbons (Fsp3) is 0.562. The lowest BCUT2D eigenvalue weighted by atomic mass is 10.1. The van der Waals surface area contributed by atoms with Crippen molar-refractivity contribution in [3.8, 4) is 0 Å². The van der Waals surface area contributed by atoms with Crippen LogP contribution in [0.1, 0.15) is 22.3 Å². The van der Waals surface area contributed by atoms with Crippen LogP contribution >= 0.6 is 11.6 Å². The van der Waals surface area contributed by atoms with Crippen molar-refractivity contribution in [3.63, 3.8) is 0 Å². The largest absolute Gasteiger partial charge is 0.336 e. The number of carbonyl (C=O) groups excluding carboxylic acids is 1. The van der Waals surface area contributed by atoms with Crippen LogP contribution in [0.3, 0.4) is 0 Å². The summed E-state index contributed by atoms with van der Waals surface area (Å²) in [5.41, 5.74) is 1.70. The molecule has 1 N–H and O–H groups in total. The first kappa shape index (κ1) is 14.8. The van der Waals surface area contributed by atoms with E-state index < -0.39 is 0 Å². The quantitative estimate of drug-likeness (QED) is 0.904. The number of hydrogen-bond acceptors (Lipinski definition) is 3. The minimum Gasteiger partial charge on any atom is -0.336 e. The smallest absolute Gasteiger partial charge is 0.253 e. The van der Waals surface area contributed by atoms with Gasteiger partial charge in [-0.05, 0) is 43.7 Å². The highest BCUT2D eigenvalue weighted by Gasteiger charge is 2.28. The standard InChI is InChI=1S/C16H22ClN3O/c1-12-10-13(2-3-15(12)17)16(21)20-8-6-19(7-9-20)14-4-5-18-11-14/h2-3,10,14,18H,4-9,11H2,1H3. The van der Waals surface area contributed by atoms with E-state index in [1.807, 2.05) is 30.0 Å². The van der Waals surface area contributed by atoms with Crippen molar-refractivity contribution < 1.29 is 4.79 Å². The van der Waals surface area contributed by atoms with Gasteiger partial charge < -0.3 is 10.2 Å². The Bertz CT molecular complexity index is 520. The third-order valence-corrected chi connectivity index (χ3v) is 4.98. The molecular weight excluding hydrogens is 286 g/mol. The number of nitrogens with zero attached hydrogens (tertiary/aromatic N) is 2. The van der Waals surface area contributed by atoms with Crippen molar-refractivity contribution in [2.24, 2.45) is 0 Å². The first-order valence-corrected chi connectivity index (χ1v) is 8.03. The number of benzene rings is 1. The summed E-state index contributed by atoms with van der Waals surface area (Å²) in [6.07, 6.45) is 1.23. The molecule has 1 unspecified atom stereocenters. The number of aryl methyl sites for hydroxylation is 1. The van der Waals surface area contributed by atoms with Gasteiger partial charge >= 0.3 is 0 Å². The molecule has 2 aliphatic rings. The van der Waals surface area contributed by atoms with Gasteiger partial charge in [0.15, 0.2) is 0 Å². The topological polar surface area (TPSA) is 35.6 Å². The van der Waals surface area contributed by atoms with E-state index in [0.717, 1.165) is 50.4 Å². The van der Waals surface area contributed by atoms with Crippen molar-refractivity contribution in [1.82, 2.24) is 15.1 Å². The molecule has 0 saturated carbocycles. The second-order valence-electron chi connectivity index (χ2n) is 5.94. The summed E-state index contributed by atoms with van der Waals surface area (Å²) in [4.78, 5) is 17.0. The predicted octanol–water partition coefficient (Wildman–Crippen LogP) is 1.77.